The van der Waals surface area contributed by atoms with Gasteiger partial charge in [-0.15, -0.1) is 0 Å². The minimum absolute atomic E-state index is 0.00111. The van der Waals surface area contributed by atoms with Gasteiger partial charge < -0.3 is 9.47 Å². The number of ether oxygens (including phenoxy) is 2. The van der Waals surface area contributed by atoms with Gasteiger partial charge in [-0.25, -0.2) is 4.79 Å². The topological polar surface area (TPSA) is 52.6 Å². The third-order valence-corrected chi connectivity index (χ3v) is 11.7. The molecule has 3 saturated carbocycles. The summed E-state index contributed by atoms with van der Waals surface area (Å²) in [5, 5.41) is 0. The lowest BCUT2D eigenvalue weighted by Crippen LogP contribution is -2.51. The fraction of sp³-hybridized carbons (Fsp3) is 0.800. The molecule has 3 aliphatic carbocycles. The molecular formula is C30H44O4. The molecule has 0 aromatic carbocycles. The van der Waals surface area contributed by atoms with Gasteiger partial charge in [0.2, 0.25) is 0 Å². The van der Waals surface area contributed by atoms with Crippen molar-refractivity contribution in [2.45, 2.75) is 111 Å². The van der Waals surface area contributed by atoms with Gasteiger partial charge in [0, 0.05) is 24.3 Å². The summed E-state index contributed by atoms with van der Waals surface area (Å²) >= 11 is 0. The molecule has 0 aromatic rings. The molecule has 4 heteroatoms. The van der Waals surface area contributed by atoms with Gasteiger partial charge in [0.25, 0.3) is 0 Å². The summed E-state index contributed by atoms with van der Waals surface area (Å²) in [6, 6.07) is 0. The molecule has 0 unspecified atom stereocenters. The minimum atomic E-state index is -0.321. The summed E-state index contributed by atoms with van der Waals surface area (Å²) in [5.74, 6) is 2.34. The van der Waals surface area contributed by atoms with Gasteiger partial charge in [-0.3, -0.25) is 4.79 Å². The van der Waals surface area contributed by atoms with Gasteiger partial charge in [-0.1, -0.05) is 39.0 Å². The number of hydrogen-bond donors (Lipinski definition) is 0. The molecule has 188 valence electrons. The largest absolute Gasteiger partial charge is 0.458 e. The van der Waals surface area contributed by atoms with Crippen molar-refractivity contribution in [1.82, 2.24) is 0 Å². The van der Waals surface area contributed by atoms with Crippen LogP contribution in [0.3, 0.4) is 0 Å². The van der Waals surface area contributed by atoms with Crippen LogP contribution in [0.1, 0.15) is 98.8 Å². The standard InChI is InChI=1S/C30H44O4/c1-18(2)22-8-9-24-21(17-30(22)16-13-26(31)34-30)11-14-28(5)23(12-15-29(24,28)6)20(4)25-10-7-19(3)27(32)33-25/h7,20-25H,1,8-17H2,2-6H3/t20-,21+,22-,23+,24+,25-,28+,29-,30+/m0/s1. The van der Waals surface area contributed by atoms with Crippen molar-refractivity contribution in [2.24, 2.45) is 40.4 Å². The lowest BCUT2D eigenvalue weighted by atomic mass is 9.48. The Labute approximate surface area is 205 Å². The van der Waals surface area contributed by atoms with E-state index in [-0.39, 0.29) is 40.4 Å². The monoisotopic (exact) mass is 468 g/mol. The SMILES string of the molecule is C=C(C)[C@@H]1CC[C@@H]2[C@H](CC[C@]3(C)[C@@H]([C@H](C)[C@@H]4CC=C(C)C(=O)O4)CC[C@@]23C)C[C@]12CCC(=O)O2. The van der Waals surface area contributed by atoms with Gasteiger partial charge in [0.1, 0.15) is 11.7 Å². The fourth-order valence-electron chi connectivity index (χ4n) is 9.57. The van der Waals surface area contributed by atoms with Crippen LogP contribution in [0.2, 0.25) is 0 Å². The number of esters is 2. The first kappa shape index (κ1) is 24.1. The number of fused-ring (bicyclic) bond motifs is 3. The smallest absolute Gasteiger partial charge is 0.333 e. The van der Waals surface area contributed by atoms with E-state index < -0.39 is 0 Å². The molecular weight excluding hydrogens is 424 g/mol. The molecule has 4 nitrogen and oxygen atoms in total. The first-order valence-corrected chi connectivity index (χ1v) is 13.8. The fourth-order valence-corrected chi connectivity index (χ4v) is 9.57. The van der Waals surface area contributed by atoms with Crippen LogP contribution >= 0.6 is 0 Å². The van der Waals surface area contributed by atoms with Gasteiger partial charge in [-0.05, 0) is 99.7 Å². The van der Waals surface area contributed by atoms with Crippen molar-refractivity contribution in [3.63, 3.8) is 0 Å². The maximum atomic E-state index is 12.3. The van der Waals surface area contributed by atoms with E-state index in [0.29, 0.717) is 30.1 Å². The highest BCUT2D eigenvalue weighted by molar-refractivity contribution is 5.88. The predicted octanol–water partition coefficient (Wildman–Crippen LogP) is 6.79. The van der Waals surface area contributed by atoms with Crippen LogP contribution in [0.4, 0.5) is 0 Å². The van der Waals surface area contributed by atoms with E-state index in [0.717, 1.165) is 31.3 Å². The van der Waals surface area contributed by atoms with Crippen LogP contribution in [0.15, 0.2) is 23.8 Å². The Bertz CT molecular complexity index is 919. The average molecular weight is 469 g/mol. The van der Waals surface area contributed by atoms with E-state index in [1.807, 2.05) is 6.92 Å². The number of carbonyl (C=O) groups excluding carboxylic acids is 2. The molecule has 2 aliphatic heterocycles. The second kappa shape index (κ2) is 8.23. The molecule has 1 spiro atoms. The van der Waals surface area contributed by atoms with Gasteiger partial charge in [-0.2, -0.15) is 0 Å². The predicted molar refractivity (Wildman–Crippen MR) is 133 cm³/mol. The number of carbonyl (C=O) groups is 2. The van der Waals surface area contributed by atoms with E-state index in [1.54, 1.807) is 0 Å². The summed E-state index contributed by atoms with van der Waals surface area (Å²) in [6.07, 6.45) is 12.5. The number of cyclic esters (lactones) is 1. The van der Waals surface area contributed by atoms with Crippen LogP contribution in [-0.2, 0) is 19.1 Å². The quantitative estimate of drug-likeness (QED) is 0.338. The maximum absolute atomic E-state index is 12.3. The highest BCUT2D eigenvalue weighted by Gasteiger charge is 2.64. The van der Waals surface area contributed by atoms with E-state index in [1.165, 1.54) is 37.7 Å². The second-order valence-corrected chi connectivity index (χ2v) is 13.0. The van der Waals surface area contributed by atoms with Gasteiger partial charge in [0.15, 0.2) is 0 Å². The van der Waals surface area contributed by atoms with Crippen LogP contribution in [0, 0.1) is 40.4 Å². The lowest BCUT2D eigenvalue weighted by molar-refractivity contribution is -0.155. The van der Waals surface area contributed by atoms with E-state index in [2.05, 4.69) is 40.3 Å². The molecule has 4 fully saturated rings. The van der Waals surface area contributed by atoms with Gasteiger partial charge >= 0.3 is 11.9 Å². The zero-order chi connectivity index (χ0) is 24.5. The summed E-state index contributed by atoms with van der Waals surface area (Å²) in [7, 11) is 0. The molecule has 5 rings (SSSR count). The van der Waals surface area contributed by atoms with Crippen molar-refractivity contribution in [2.75, 3.05) is 0 Å². The normalized spacial score (nSPS) is 47.2. The lowest BCUT2D eigenvalue weighted by Gasteiger charge is -2.57. The summed E-state index contributed by atoms with van der Waals surface area (Å²) in [5.41, 5.74) is 2.13. The molecule has 5 aliphatic rings. The highest BCUT2D eigenvalue weighted by Crippen LogP contribution is 2.71. The molecule has 0 aromatic heterocycles. The Balaban J connectivity index is 1.41. The second-order valence-electron chi connectivity index (χ2n) is 13.0. The highest BCUT2D eigenvalue weighted by atomic mass is 16.6. The number of hydrogen-bond acceptors (Lipinski definition) is 4. The molecule has 2 heterocycles. The van der Waals surface area contributed by atoms with E-state index >= 15 is 0 Å². The van der Waals surface area contributed by atoms with Crippen LogP contribution in [0.5, 0.6) is 0 Å². The zero-order valence-electron chi connectivity index (χ0n) is 22.0. The minimum Gasteiger partial charge on any atom is -0.458 e. The Kier molecular flexibility index (Phi) is 5.84. The molecule has 0 bridgehead atoms. The van der Waals surface area contributed by atoms with Crippen molar-refractivity contribution in [3.05, 3.63) is 23.8 Å². The third-order valence-electron chi connectivity index (χ3n) is 11.7. The summed E-state index contributed by atoms with van der Waals surface area (Å²) < 4.78 is 12.1. The Morgan fingerprint density at radius 1 is 1.09 bits per heavy atom. The molecule has 0 amide bonds. The van der Waals surface area contributed by atoms with Crippen LogP contribution in [-0.4, -0.2) is 23.6 Å². The van der Waals surface area contributed by atoms with E-state index in [9.17, 15) is 9.59 Å². The average Bonchev–Trinajstić information content (AvgIpc) is 3.21. The van der Waals surface area contributed by atoms with E-state index in [4.69, 9.17) is 9.47 Å². The molecule has 1 saturated heterocycles. The first-order valence-electron chi connectivity index (χ1n) is 13.8. The Morgan fingerprint density at radius 3 is 2.47 bits per heavy atom. The van der Waals surface area contributed by atoms with Crippen LogP contribution in [0.25, 0.3) is 0 Å². The third kappa shape index (κ3) is 3.45. The number of rotatable bonds is 3. The molecule has 34 heavy (non-hydrogen) atoms. The molecule has 0 N–H and O–H groups in total. The van der Waals surface area contributed by atoms with Crippen LogP contribution < -0.4 is 0 Å². The summed E-state index contributed by atoms with van der Waals surface area (Å²) in [4.78, 5) is 24.5. The van der Waals surface area contributed by atoms with Crippen molar-refractivity contribution < 1.29 is 19.1 Å². The zero-order valence-corrected chi connectivity index (χ0v) is 22.0. The van der Waals surface area contributed by atoms with Gasteiger partial charge in [0.05, 0.1) is 0 Å². The van der Waals surface area contributed by atoms with Crippen molar-refractivity contribution >= 4 is 11.9 Å². The maximum Gasteiger partial charge on any atom is 0.333 e. The Hall–Kier alpha value is -1.58. The van der Waals surface area contributed by atoms with Crippen molar-refractivity contribution in [3.8, 4) is 0 Å². The Morgan fingerprint density at radius 2 is 1.82 bits per heavy atom. The first-order chi connectivity index (χ1) is 16.0. The van der Waals surface area contributed by atoms with Crippen molar-refractivity contribution in [1.29, 1.82) is 0 Å². The summed E-state index contributed by atoms with van der Waals surface area (Å²) in [6.45, 7) is 15.8. The molecule has 9 atom stereocenters. The molecule has 0 radical (unpaired) electrons.